The van der Waals surface area contributed by atoms with Crippen LogP contribution in [0.5, 0.6) is 0 Å². The molecule has 0 bridgehead atoms. The number of fused-ring (bicyclic) bond motifs is 6. The molecule has 232 valence electrons. The lowest BCUT2D eigenvalue weighted by Gasteiger charge is -2.49. The minimum Gasteiger partial charge on any atom is -0.446 e. The molecule has 42 heavy (non-hydrogen) atoms. The van der Waals surface area contributed by atoms with Gasteiger partial charge >= 0.3 is 18.2 Å². The van der Waals surface area contributed by atoms with E-state index in [9.17, 15) is 22.8 Å². The number of piperidine rings is 1. The predicted octanol–water partition coefficient (Wildman–Crippen LogP) is 6.70. The summed E-state index contributed by atoms with van der Waals surface area (Å²) in [6.07, 6.45) is 6.05. The van der Waals surface area contributed by atoms with Crippen LogP contribution in [-0.4, -0.2) is 59.5 Å². The van der Waals surface area contributed by atoms with Gasteiger partial charge in [-0.15, -0.1) is 0 Å². The van der Waals surface area contributed by atoms with Crippen LogP contribution in [0.1, 0.15) is 91.9 Å². The molecule has 7 aliphatic rings. The summed E-state index contributed by atoms with van der Waals surface area (Å²) >= 11 is 0. The second-order valence-electron chi connectivity index (χ2n) is 15.0. The van der Waals surface area contributed by atoms with Gasteiger partial charge < -0.3 is 19.7 Å². The number of ether oxygens (including phenoxy) is 2. The molecule has 9 heteroatoms. The molecule has 5 fully saturated rings. The number of nitrogens with zero attached hydrogens (tertiary/aromatic N) is 1. The van der Waals surface area contributed by atoms with Crippen LogP contribution in [0.2, 0.25) is 0 Å². The highest BCUT2D eigenvalue weighted by molar-refractivity contribution is 5.82. The maximum Gasteiger partial charge on any atom is 0.471 e. The topological polar surface area (TPSA) is 67.9 Å². The first kappa shape index (κ1) is 28.7. The number of nitrogens with one attached hydrogen (secondary N) is 1. The van der Waals surface area contributed by atoms with Gasteiger partial charge in [0.1, 0.15) is 6.10 Å². The van der Waals surface area contributed by atoms with Crippen molar-refractivity contribution in [2.75, 3.05) is 6.54 Å². The van der Waals surface area contributed by atoms with Crippen molar-refractivity contribution < 1.29 is 32.2 Å². The van der Waals surface area contributed by atoms with Gasteiger partial charge in [-0.2, -0.15) is 13.2 Å². The number of hydrogen-bond acceptors (Lipinski definition) is 4. The highest BCUT2D eigenvalue weighted by atomic mass is 19.4. The van der Waals surface area contributed by atoms with Crippen molar-refractivity contribution in [2.45, 2.75) is 128 Å². The van der Waals surface area contributed by atoms with Gasteiger partial charge in [0.2, 0.25) is 0 Å². The summed E-state index contributed by atoms with van der Waals surface area (Å²) in [5, 5.41) is 2.95. The molecule has 9 unspecified atom stereocenters. The molecule has 2 saturated heterocycles. The molecule has 2 amide bonds. The Morgan fingerprint density at radius 1 is 1.12 bits per heavy atom. The zero-order valence-electron chi connectivity index (χ0n) is 25.3. The molecule has 0 aromatic heterocycles. The van der Waals surface area contributed by atoms with E-state index in [-0.39, 0.29) is 48.1 Å². The van der Waals surface area contributed by atoms with E-state index >= 15 is 0 Å². The smallest absolute Gasteiger partial charge is 0.446 e. The number of halogens is 3. The van der Waals surface area contributed by atoms with Crippen LogP contribution in [0.4, 0.5) is 18.0 Å². The predicted molar refractivity (Wildman–Crippen MR) is 150 cm³/mol. The van der Waals surface area contributed by atoms with E-state index in [1.807, 2.05) is 13.8 Å². The number of likely N-dealkylation sites (tertiary alicyclic amines) is 1. The molecule has 3 saturated carbocycles. The number of alkyl halides is 3. The molecule has 0 radical (unpaired) electrons. The van der Waals surface area contributed by atoms with E-state index in [2.05, 4.69) is 25.2 Å². The van der Waals surface area contributed by atoms with Crippen molar-refractivity contribution in [2.24, 2.45) is 35.0 Å². The van der Waals surface area contributed by atoms with Crippen LogP contribution in [-0.2, 0) is 14.3 Å². The second kappa shape index (κ2) is 9.73. The molecule has 0 aromatic carbocycles. The Kier molecular flexibility index (Phi) is 6.66. The molecule has 5 aliphatic carbocycles. The van der Waals surface area contributed by atoms with Crippen LogP contribution in [0.3, 0.4) is 0 Å². The molecule has 1 spiro atoms. The summed E-state index contributed by atoms with van der Waals surface area (Å²) in [5.41, 5.74) is 3.57. The Bertz CT molecular complexity index is 1230. The summed E-state index contributed by atoms with van der Waals surface area (Å²) in [7, 11) is 0. The highest BCUT2D eigenvalue weighted by Gasteiger charge is 2.63. The number of alkyl carbamates (subject to hydrolysis) is 1. The summed E-state index contributed by atoms with van der Waals surface area (Å²) < 4.78 is 53.6. The average Bonchev–Trinajstić information content (AvgIpc) is 3.57. The summed E-state index contributed by atoms with van der Waals surface area (Å²) in [4.78, 5) is 26.0. The minimum atomic E-state index is -4.88. The zero-order valence-corrected chi connectivity index (χ0v) is 25.3. The van der Waals surface area contributed by atoms with E-state index in [0.717, 1.165) is 62.7 Å². The fourth-order valence-electron chi connectivity index (χ4n) is 10.4. The van der Waals surface area contributed by atoms with Crippen molar-refractivity contribution in [1.29, 1.82) is 0 Å². The SMILES string of the molecule is CC1=C2CC3C(CC=C4CC(OC(=O)NC5CC5)CCC43C)C2CCC12OC1CC(C)CN(C(=O)C(F)(F)F)C1[C@H]2C. The zero-order chi connectivity index (χ0) is 29.8. The Morgan fingerprint density at radius 3 is 2.60 bits per heavy atom. The summed E-state index contributed by atoms with van der Waals surface area (Å²) in [6.45, 7) is 8.65. The van der Waals surface area contributed by atoms with Gasteiger partial charge in [-0.3, -0.25) is 4.79 Å². The third kappa shape index (κ3) is 4.37. The maximum atomic E-state index is 13.6. The van der Waals surface area contributed by atoms with Crippen molar-refractivity contribution in [1.82, 2.24) is 10.2 Å². The Morgan fingerprint density at radius 2 is 1.88 bits per heavy atom. The Balaban J connectivity index is 1.12. The minimum absolute atomic E-state index is 0.0399. The molecular formula is C33H45F3N2O4. The van der Waals surface area contributed by atoms with Crippen molar-refractivity contribution >= 4 is 12.0 Å². The summed E-state index contributed by atoms with van der Waals surface area (Å²) in [6, 6.07) is -0.265. The molecule has 10 atom stereocenters. The monoisotopic (exact) mass is 590 g/mol. The second-order valence-corrected chi connectivity index (χ2v) is 15.0. The van der Waals surface area contributed by atoms with Gasteiger partial charge in [-0.05, 0) is 99.4 Å². The third-order valence-corrected chi connectivity index (χ3v) is 12.7. The van der Waals surface area contributed by atoms with E-state index < -0.39 is 23.7 Å². The Hall–Kier alpha value is -2.03. The molecular weight excluding hydrogens is 545 g/mol. The van der Waals surface area contributed by atoms with Gasteiger partial charge in [-0.1, -0.05) is 38.0 Å². The van der Waals surface area contributed by atoms with E-state index in [1.165, 1.54) is 16.7 Å². The molecule has 0 aromatic rings. The van der Waals surface area contributed by atoms with E-state index in [0.29, 0.717) is 24.2 Å². The standard InChI is InChI=1S/C33H45F3N2O4/c1-17-13-27-28(38(16-17)29(39)33(34,35)36)19(3)32(42-27)12-10-23-24-8-5-20-14-22(41-30(40)37-21-6-7-21)9-11-31(20,4)26(24)15-25(23)18(32)2/h5,17,19,21-24,26-28H,6-16H2,1-4H3,(H,37,40)/t17?,19-,22?,23?,24?,26?,27?,28?,31?,32?/m1/s1. The lowest BCUT2D eigenvalue weighted by molar-refractivity contribution is -0.192. The van der Waals surface area contributed by atoms with Crippen LogP contribution in [0, 0.1) is 35.0 Å². The number of hydrogen-bond donors (Lipinski definition) is 1. The van der Waals surface area contributed by atoms with Gasteiger partial charge in [0.15, 0.2) is 0 Å². The van der Waals surface area contributed by atoms with Gasteiger partial charge in [0.05, 0.1) is 17.7 Å². The van der Waals surface area contributed by atoms with E-state index in [1.54, 1.807) is 0 Å². The maximum absolute atomic E-state index is 13.6. The largest absolute Gasteiger partial charge is 0.471 e. The van der Waals surface area contributed by atoms with Crippen LogP contribution in [0.25, 0.3) is 0 Å². The molecule has 7 rings (SSSR count). The quantitative estimate of drug-likeness (QED) is 0.364. The van der Waals surface area contributed by atoms with Crippen LogP contribution >= 0.6 is 0 Å². The van der Waals surface area contributed by atoms with Crippen molar-refractivity contribution in [3.05, 3.63) is 22.8 Å². The van der Waals surface area contributed by atoms with E-state index in [4.69, 9.17) is 9.47 Å². The third-order valence-electron chi connectivity index (χ3n) is 12.7. The number of carbonyl (C=O) groups excluding carboxylic acids is 2. The fraction of sp³-hybridized carbons (Fsp3) is 0.818. The van der Waals surface area contributed by atoms with Gasteiger partial charge in [0.25, 0.3) is 0 Å². The Labute approximate surface area is 246 Å². The fourth-order valence-corrected chi connectivity index (χ4v) is 10.4. The normalized spacial score (nSPS) is 44.6. The van der Waals surface area contributed by atoms with Crippen LogP contribution < -0.4 is 5.32 Å². The van der Waals surface area contributed by atoms with Crippen molar-refractivity contribution in [3.8, 4) is 0 Å². The van der Waals surface area contributed by atoms with Crippen LogP contribution in [0.15, 0.2) is 22.8 Å². The number of rotatable bonds is 2. The highest BCUT2D eigenvalue weighted by Crippen LogP contribution is 2.65. The molecule has 1 N–H and O–H groups in total. The first-order valence-corrected chi connectivity index (χ1v) is 16.2. The first-order valence-electron chi connectivity index (χ1n) is 16.2. The molecule has 6 nitrogen and oxygen atoms in total. The number of carbonyl (C=O) groups is 2. The number of allylic oxidation sites excluding steroid dienone is 2. The lowest BCUT2D eigenvalue weighted by Crippen LogP contribution is -2.57. The summed E-state index contributed by atoms with van der Waals surface area (Å²) in [5.74, 6) is -0.430. The average molecular weight is 591 g/mol. The number of amides is 2. The first-order chi connectivity index (χ1) is 19.8. The molecule has 2 aliphatic heterocycles. The lowest BCUT2D eigenvalue weighted by atomic mass is 9.56. The van der Waals surface area contributed by atoms with Gasteiger partial charge in [0, 0.05) is 24.9 Å². The van der Waals surface area contributed by atoms with Gasteiger partial charge in [-0.25, -0.2) is 4.79 Å². The molecule has 2 heterocycles. The van der Waals surface area contributed by atoms with Crippen molar-refractivity contribution in [3.63, 3.8) is 0 Å².